The molecule has 0 saturated carbocycles. The van der Waals surface area contributed by atoms with Crippen molar-refractivity contribution in [3.8, 4) is 0 Å². The van der Waals surface area contributed by atoms with Gasteiger partial charge in [-0.1, -0.05) is 0 Å². The maximum Gasteiger partial charge on any atom is 0.107 e. The van der Waals surface area contributed by atoms with E-state index in [4.69, 9.17) is 19.3 Å². The summed E-state index contributed by atoms with van der Waals surface area (Å²) in [5, 5.41) is 18.4. The van der Waals surface area contributed by atoms with Gasteiger partial charge in [0.2, 0.25) is 0 Å². The van der Waals surface area contributed by atoms with Gasteiger partial charge >= 0.3 is 0 Å². The lowest BCUT2D eigenvalue weighted by Gasteiger charge is -2.21. The van der Waals surface area contributed by atoms with E-state index in [1.165, 1.54) is 0 Å². The van der Waals surface area contributed by atoms with Gasteiger partial charge in [0.15, 0.2) is 0 Å². The van der Waals surface area contributed by atoms with Gasteiger partial charge in [0.05, 0.1) is 37.6 Å². The van der Waals surface area contributed by atoms with E-state index >= 15 is 0 Å². The Morgan fingerprint density at radius 3 is 2.18 bits per heavy atom. The van der Waals surface area contributed by atoms with Crippen LogP contribution in [-0.4, -0.2) is 60.1 Å². The van der Waals surface area contributed by atoms with Crippen LogP contribution in [0.15, 0.2) is 0 Å². The lowest BCUT2D eigenvalue weighted by atomic mass is 10.1. The smallest absolute Gasteiger partial charge is 0.107 e. The molecule has 3 heterocycles. The van der Waals surface area contributed by atoms with Crippen LogP contribution < -0.4 is 0 Å². The van der Waals surface area contributed by atoms with Crippen LogP contribution >= 0.6 is 0 Å². The lowest BCUT2D eigenvalue weighted by molar-refractivity contribution is -0.102. The molecule has 6 atom stereocenters. The summed E-state index contributed by atoms with van der Waals surface area (Å²) in [5.74, 6) is 0. The van der Waals surface area contributed by atoms with E-state index < -0.39 is 6.10 Å². The molecule has 0 aromatic rings. The monoisotopic (exact) mass is 244 g/mol. The molecule has 3 aliphatic rings. The third kappa shape index (κ3) is 2.48. The highest BCUT2D eigenvalue weighted by molar-refractivity contribution is 4.91. The molecule has 0 aromatic heterocycles. The number of hydrogen-bond donors (Lipinski definition) is 2. The Hall–Kier alpha value is -0.200. The standard InChI is InChI=1S/C12H20O5/c13-5-7(14)8-1-2-9(16-8)10-3-4-11(17-10)12-6-15-12/h7-14H,1-6H2/t7-,8+,9+,10+,11+,12-/m0/s1. The lowest BCUT2D eigenvalue weighted by Crippen LogP contribution is -2.33. The first kappa shape index (κ1) is 11.9. The average molecular weight is 244 g/mol. The SMILES string of the molecule is OC[C@H](O)[C@H]1CC[C@H]([C@H]2CC[C@H]([C@@H]3CO3)O2)O1. The molecular weight excluding hydrogens is 224 g/mol. The van der Waals surface area contributed by atoms with Crippen molar-refractivity contribution in [2.45, 2.75) is 62.3 Å². The minimum atomic E-state index is -0.760. The minimum Gasteiger partial charge on any atom is -0.394 e. The van der Waals surface area contributed by atoms with Crippen LogP contribution in [0.5, 0.6) is 0 Å². The van der Waals surface area contributed by atoms with Crippen molar-refractivity contribution in [3.05, 3.63) is 0 Å². The molecule has 3 rings (SSSR count). The van der Waals surface area contributed by atoms with Crippen molar-refractivity contribution in [2.75, 3.05) is 13.2 Å². The summed E-state index contributed by atoms with van der Waals surface area (Å²) in [6, 6.07) is 0. The van der Waals surface area contributed by atoms with Crippen molar-refractivity contribution in [1.82, 2.24) is 0 Å². The summed E-state index contributed by atoms with van der Waals surface area (Å²) in [6.07, 6.45) is 3.53. The average Bonchev–Trinajstić information content (AvgIpc) is 2.91. The third-order valence-electron chi connectivity index (χ3n) is 3.98. The number of hydrogen-bond acceptors (Lipinski definition) is 5. The molecule has 5 nitrogen and oxygen atoms in total. The Bertz CT molecular complexity index is 268. The Balaban J connectivity index is 1.49. The zero-order valence-electron chi connectivity index (χ0n) is 9.83. The van der Waals surface area contributed by atoms with E-state index in [9.17, 15) is 5.11 Å². The molecule has 3 fully saturated rings. The fourth-order valence-corrected chi connectivity index (χ4v) is 2.87. The van der Waals surface area contributed by atoms with Gasteiger partial charge in [0.25, 0.3) is 0 Å². The van der Waals surface area contributed by atoms with Gasteiger partial charge in [0, 0.05) is 0 Å². The Morgan fingerprint density at radius 1 is 0.941 bits per heavy atom. The molecule has 3 aliphatic heterocycles. The second-order valence-corrected chi connectivity index (χ2v) is 5.20. The first-order valence-electron chi connectivity index (χ1n) is 6.49. The summed E-state index contributed by atoms with van der Waals surface area (Å²) < 4.78 is 16.9. The van der Waals surface area contributed by atoms with Crippen LogP contribution in [0, 0.1) is 0 Å². The Labute approximate surface area is 101 Å². The Morgan fingerprint density at radius 2 is 1.53 bits per heavy atom. The summed E-state index contributed by atoms with van der Waals surface area (Å²) in [7, 11) is 0. The van der Waals surface area contributed by atoms with Gasteiger partial charge in [-0.15, -0.1) is 0 Å². The van der Waals surface area contributed by atoms with Crippen molar-refractivity contribution in [2.24, 2.45) is 0 Å². The number of rotatable bonds is 4. The van der Waals surface area contributed by atoms with Crippen LogP contribution in [0.1, 0.15) is 25.7 Å². The highest BCUT2D eigenvalue weighted by Gasteiger charge is 2.44. The van der Waals surface area contributed by atoms with E-state index in [2.05, 4.69) is 0 Å². The first-order chi connectivity index (χ1) is 8.28. The second kappa shape index (κ2) is 4.82. The molecule has 2 N–H and O–H groups in total. The predicted molar refractivity (Wildman–Crippen MR) is 58.6 cm³/mol. The molecule has 0 aromatic carbocycles. The molecular formula is C12H20O5. The van der Waals surface area contributed by atoms with Crippen LogP contribution in [0.3, 0.4) is 0 Å². The van der Waals surface area contributed by atoms with Crippen LogP contribution in [0.4, 0.5) is 0 Å². The molecule has 0 radical (unpaired) electrons. The van der Waals surface area contributed by atoms with Crippen molar-refractivity contribution < 1.29 is 24.4 Å². The third-order valence-corrected chi connectivity index (χ3v) is 3.98. The van der Waals surface area contributed by atoms with Gasteiger partial charge in [-0.2, -0.15) is 0 Å². The fraction of sp³-hybridized carbons (Fsp3) is 1.00. The normalized spacial score (nSPS) is 47.3. The largest absolute Gasteiger partial charge is 0.394 e. The van der Waals surface area contributed by atoms with Gasteiger partial charge in [-0.05, 0) is 25.7 Å². The number of aliphatic hydroxyl groups is 2. The predicted octanol–water partition coefficient (Wildman–Crippen LogP) is -0.166. The molecule has 3 saturated heterocycles. The fourth-order valence-electron chi connectivity index (χ4n) is 2.87. The van der Waals surface area contributed by atoms with Gasteiger partial charge in [-0.25, -0.2) is 0 Å². The van der Waals surface area contributed by atoms with Crippen LogP contribution in [0.2, 0.25) is 0 Å². The molecule has 0 aliphatic carbocycles. The Kier molecular flexibility index (Phi) is 3.36. The minimum absolute atomic E-state index is 0.0740. The van der Waals surface area contributed by atoms with Gasteiger partial charge < -0.3 is 24.4 Å². The maximum absolute atomic E-state index is 9.53. The van der Waals surface area contributed by atoms with Gasteiger partial charge in [-0.3, -0.25) is 0 Å². The zero-order valence-corrected chi connectivity index (χ0v) is 9.83. The van der Waals surface area contributed by atoms with Crippen molar-refractivity contribution >= 4 is 0 Å². The molecule has 98 valence electrons. The molecule has 0 spiro atoms. The quantitative estimate of drug-likeness (QED) is 0.672. The van der Waals surface area contributed by atoms with Gasteiger partial charge in [0.1, 0.15) is 12.2 Å². The van der Waals surface area contributed by atoms with E-state index in [-0.39, 0.29) is 31.0 Å². The van der Waals surface area contributed by atoms with E-state index in [0.717, 1.165) is 32.3 Å². The second-order valence-electron chi connectivity index (χ2n) is 5.20. The van der Waals surface area contributed by atoms with Crippen molar-refractivity contribution in [1.29, 1.82) is 0 Å². The summed E-state index contributed by atoms with van der Waals surface area (Å²) in [4.78, 5) is 0. The molecule has 5 heteroatoms. The van der Waals surface area contributed by atoms with E-state index in [1.54, 1.807) is 0 Å². The molecule has 0 unspecified atom stereocenters. The number of aliphatic hydroxyl groups excluding tert-OH is 2. The van der Waals surface area contributed by atoms with Crippen LogP contribution in [-0.2, 0) is 14.2 Å². The zero-order chi connectivity index (χ0) is 11.8. The maximum atomic E-state index is 9.53. The highest BCUT2D eigenvalue weighted by atomic mass is 16.6. The summed E-state index contributed by atoms with van der Waals surface area (Å²) >= 11 is 0. The number of epoxide rings is 1. The summed E-state index contributed by atoms with van der Waals surface area (Å²) in [5.41, 5.74) is 0. The first-order valence-corrected chi connectivity index (χ1v) is 6.49. The topological polar surface area (TPSA) is 71.5 Å². The van der Waals surface area contributed by atoms with E-state index in [0.29, 0.717) is 6.10 Å². The van der Waals surface area contributed by atoms with Crippen LogP contribution in [0.25, 0.3) is 0 Å². The molecule has 0 bridgehead atoms. The molecule has 17 heavy (non-hydrogen) atoms. The molecule has 0 amide bonds. The summed E-state index contributed by atoms with van der Waals surface area (Å²) in [6.45, 7) is 0.593. The van der Waals surface area contributed by atoms with Crippen molar-refractivity contribution in [3.63, 3.8) is 0 Å². The highest BCUT2D eigenvalue weighted by Crippen LogP contribution is 2.35. The number of ether oxygens (including phenoxy) is 3. The van der Waals surface area contributed by atoms with E-state index in [1.807, 2.05) is 0 Å².